The van der Waals surface area contributed by atoms with Crippen LogP contribution in [0.4, 0.5) is 0 Å². The second kappa shape index (κ2) is 11.6. The minimum Gasteiger partial charge on any atom is -0.0654 e. The number of hydrogen-bond donors (Lipinski definition) is 0. The lowest BCUT2D eigenvalue weighted by Gasteiger charge is -2.49. The molecule has 2 aliphatic carbocycles. The molecule has 2 fully saturated rings. The molecule has 0 amide bonds. The van der Waals surface area contributed by atoms with E-state index in [2.05, 4.69) is 13.8 Å². The molecular formula is C24H46. The zero-order valence-corrected chi connectivity index (χ0v) is 17.1. The Morgan fingerprint density at radius 3 is 1.71 bits per heavy atom. The van der Waals surface area contributed by atoms with E-state index in [-0.39, 0.29) is 0 Å². The maximum absolute atomic E-state index is 2.35. The Bertz CT molecular complexity index is 281. The molecule has 0 unspecified atom stereocenters. The average Bonchev–Trinajstić information content (AvgIpc) is 3.16. The van der Waals surface area contributed by atoms with Crippen molar-refractivity contribution in [3.05, 3.63) is 0 Å². The summed E-state index contributed by atoms with van der Waals surface area (Å²) in [6.07, 6.45) is 28.8. The van der Waals surface area contributed by atoms with Gasteiger partial charge in [-0.05, 0) is 55.8 Å². The molecule has 0 bridgehead atoms. The first-order chi connectivity index (χ1) is 11.8. The molecule has 0 N–H and O–H groups in total. The van der Waals surface area contributed by atoms with Gasteiger partial charge >= 0.3 is 0 Å². The molecule has 0 heterocycles. The van der Waals surface area contributed by atoms with E-state index in [1.165, 1.54) is 83.5 Å². The topological polar surface area (TPSA) is 0 Å². The van der Waals surface area contributed by atoms with Gasteiger partial charge in [-0.3, -0.25) is 0 Å². The lowest BCUT2D eigenvalue weighted by atomic mass is 9.56. The van der Waals surface area contributed by atoms with Gasteiger partial charge in [0.05, 0.1) is 0 Å². The van der Waals surface area contributed by atoms with E-state index in [4.69, 9.17) is 0 Å². The summed E-state index contributed by atoms with van der Waals surface area (Å²) in [4.78, 5) is 0. The molecule has 0 heteroatoms. The van der Waals surface area contributed by atoms with Crippen LogP contribution < -0.4 is 0 Å². The molecule has 0 atom stereocenters. The molecular weight excluding hydrogens is 288 g/mol. The summed E-state index contributed by atoms with van der Waals surface area (Å²) in [5.41, 5.74) is 0.771. The monoisotopic (exact) mass is 334 g/mol. The van der Waals surface area contributed by atoms with E-state index in [1.54, 1.807) is 38.5 Å². The van der Waals surface area contributed by atoms with Crippen molar-refractivity contribution in [3.8, 4) is 0 Å². The highest BCUT2D eigenvalue weighted by Crippen LogP contribution is 2.56. The van der Waals surface area contributed by atoms with E-state index in [0.717, 1.165) is 17.3 Å². The van der Waals surface area contributed by atoms with Crippen molar-refractivity contribution in [2.24, 2.45) is 17.3 Å². The first-order valence-corrected chi connectivity index (χ1v) is 11.8. The third-order valence-corrected chi connectivity index (χ3v) is 7.58. The molecule has 0 aromatic rings. The van der Waals surface area contributed by atoms with E-state index >= 15 is 0 Å². The van der Waals surface area contributed by atoms with E-state index in [9.17, 15) is 0 Å². The molecule has 0 aromatic carbocycles. The fraction of sp³-hybridized carbons (Fsp3) is 1.00. The van der Waals surface area contributed by atoms with Crippen LogP contribution in [0.1, 0.15) is 136 Å². The molecule has 0 aliphatic heterocycles. The maximum Gasteiger partial charge on any atom is -0.0241 e. The summed E-state index contributed by atoms with van der Waals surface area (Å²) in [7, 11) is 0. The van der Waals surface area contributed by atoms with Crippen LogP contribution in [0.25, 0.3) is 0 Å². The molecule has 0 saturated heterocycles. The Kier molecular flexibility index (Phi) is 9.80. The van der Waals surface area contributed by atoms with Gasteiger partial charge in [0.1, 0.15) is 0 Å². The summed E-state index contributed by atoms with van der Waals surface area (Å²) in [6.45, 7) is 4.70. The summed E-state index contributed by atoms with van der Waals surface area (Å²) in [6, 6.07) is 0. The average molecular weight is 335 g/mol. The second-order valence-electron chi connectivity index (χ2n) is 9.17. The van der Waals surface area contributed by atoms with Gasteiger partial charge in [0.25, 0.3) is 0 Å². The summed E-state index contributed by atoms with van der Waals surface area (Å²) in [5, 5.41) is 0. The van der Waals surface area contributed by atoms with Crippen LogP contribution in [-0.4, -0.2) is 0 Å². The zero-order valence-electron chi connectivity index (χ0n) is 17.1. The predicted octanol–water partition coefficient (Wildman–Crippen LogP) is 8.68. The highest BCUT2D eigenvalue weighted by molar-refractivity contribution is 4.95. The highest BCUT2D eigenvalue weighted by Gasteiger charge is 2.45. The Balaban J connectivity index is 2.00. The van der Waals surface area contributed by atoms with Crippen LogP contribution in [0.15, 0.2) is 0 Å². The van der Waals surface area contributed by atoms with Crippen molar-refractivity contribution in [3.63, 3.8) is 0 Å². The standard InChI is InChI=1S/C24H46/c1-3-5-7-10-16-22(17-11-8-6-4-2)24(20-14-9-15-21-24)23-18-12-13-19-23/h22-23H,3-21H2,1-2H3. The molecule has 0 aromatic heterocycles. The highest BCUT2D eigenvalue weighted by atomic mass is 14.5. The number of unbranched alkanes of at least 4 members (excludes halogenated alkanes) is 6. The fourth-order valence-electron chi connectivity index (χ4n) is 6.21. The number of hydrogen-bond acceptors (Lipinski definition) is 0. The summed E-state index contributed by atoms with van der Waals surface area (Å²) >= 11 is 0. The van der Waals surface area contributed by atoms with Crippen LogP contribution in [-0.2, 0) is 0 Å². The van der Waals surface area contributed by atoms with Gasteiger partial charge in [-0.2, -0.15) is 0 Å². The van der Waals surface area contributed by atoms with E-state index < -0.39 is 0 Å². The Hall–Kier alpha value is 0. The molecule has 2 saturated carbocycles. The van der Waals surface area contributed by atoms with E-state index in [0.29, 0.717) is 0 Å². The van der Waals surface area contributed by atoms with Crippen molar-refractivity contribution < 1.29 is 0 Å². The minimum atomic E-state index is 0.771. The molecule has 0 radical (unpaired) electrons. The maximum atomic E-state index is 2.35. The SMILES string of the molecule is CCCCCCC(CCCCCC)C1(C2CCCC2)CCCCC1. The predicted molar refractivity (Wildman–Crippen MR) is 108 cm³/mol. The Morgan fingerprint density at radius 2 is 1.21 bits per heavy atom. The second-order valence-corrected chi connectivity index (χ2v) is 9.17. The molecule has 142 valence electrons. The lowest BCUT2D eigenvalue weighted by Crippen LogP contribution is -2.39. The molecule has 2 aliphatic rings. The summed E-state index contributed by atoms with van der Waals surface area (Å²) in [5.74, 6) is 2.16. The van der Waals surface area contributed by atoms with Crippen LogP contribution in [0.3, 0.4) is 0 Å². The van der Waals surface area contributed by atoms with Gasteiger partial charge in [0, 0.05) is 0 Å². The van der Waals surface area contributed by atoms with Gasteiger partial charge in [-0.25, -0.2) is 0 Å². The first-order valence-electron chi connectivity index (χ1n) is 11.8. The normalized spacial score (nSPS) is 21.6. The van der Waals surface area contributed by atoms with Gasteiger partial charge in [-0.1, -0.05) is 97.3 Å². The van der Waals surface area contributed by atoms with Crippen LogP contribution in [0, 0.1) is 17.3 Å². The molecule has 0 nitrogen and oxygen atoms in total. The zero-order chi connectivity index (χ0) is 17.1. The molecule has 24 heavy (non-hydrogen) atoms. The third-order valence-electron chi connectivity index (χ3n) is 7.58. The van der Waals surface area contributed by atoms with Gasteiger partial charge < -0.3 is 0 Å². The van der Waals surface area contributed by atoms with Crippen molar-refractivity contribution in [1.82, 2.24) is 0 Å². The van der Waals surface area contributed by atoms with Crippen LogP contribution in [0.5, 0.6) is 0 Å². The van der Waals surface area contributed by atoms with E-state index in [1.807, 2.05) is 0 Å². The number of rotatable bonds is 12. The fourth-order valence-corrected chi connectivity index (χ4v) is 6.21. The minimum absolute atomic E-state index is 0.771. The van der Waals surface area contributed by atoms with Crippen LogP contribution >= 0.6 is 0 Å². The molecule has 2 rings (SSSR count). The smallest absolute Gasteiger partial charge is 0.0241 e. The third kappa shape index (κ3) is 5.77. The molecule has 0 spiro atoms. The van der Waals surface area contributed by atoms with Crippen molar-refractivity contribution in [1.29, 1.82) is 0 Å². The van der Waals surface area contributed by atoms with Gasteiger partial charge in [0.2, 0.25) is 0 Å². The lowest BCUT2D eigenvalue weighted by molar-refractivity contribution is 0.0136. The Morgan fingerprint density at radius 1 is 0.667 bits per heavy atom. The Labute approximate surface area is 153 Å². The largest absolute Gasteiger partial charge is 0.0654 e. The first kappa shape index (κ1) is 20.3. The van der Waals surface area contributed by atoms with Crippen LogP contribution in [0.2, 0.25) is 0 Å². The summed E-state index contributed by atoms with van der Waals surface area (Å²) < 4.78 is 0. The van der Waals surface area contributed by atoms with Crippen molar-refractivity contribution in [2.75, 3.05) is 0 Å². The van der Waals surface area contributed by atoms with Crippen molar-refractivity contribution >= 4 is 0 Å². The van der Waals surface area contributed by atoms with Crippen molar-refractivity contribution in [2.45, 2.75) is 136 Å². The van der Waals surface area contributed by atoms with Gasteiger partial charge in [-0.15, -0.1) is 0 Å². The van der Waals surface area contributed by atoms with Gasteiger partial charge in [0.15, 0.2) is 0 Å². The quantitative estimate of drug-likeness (QED) is 0.313.